The molecule has 24 atom stereocenters. The number of nitrogen functional groups attached to an aromatic ring is 3. The minimum Gasteiger partial charge on any atom is -0.397 e. The summed E-state index contributed by atoms with van der Waals surface area (Å²) >= 11 is 14.4. The van der Waals surface area contributed by atoms with E-state index in [9.17, 15) is 73.8 Å². The van der Waals surface area contributed by atoms with Crippen LogP contribution < -0.4 is 50.9 Å². The number of aliphatic hydroxyl groups excluding tert-OH is 6. The highest BCUT2D eigenvalue weighted by molar-refractivity contribution is 8.44. The quantitative estimate of drug-likeness (QED) is 0.0172. The molecule has 15 rings (SSSR count). The normalized spacial score (nSPS) is 30.6. The van der Waals surface area contributed by atoms with E-state index in [2.05, 4.69) is 67.1 Å². The SMILES string of the molecule is CO[C@H]1C(OP(=O)(S)OC[C@H]2O[C@@H](n3cnc4c(N)ncnc43)CC2O)[C@@H](CO)O[C@H]1n1ccc(=O)[nH]c1=O.CO[C@H]1C(OP(O)(=S)OC[C@H]2O[C@@H](n3cnc4c(N)ccnc43)CC2O)[C@@H](CO)O[C@H]1n1ccc(=O)[nH]c1=O.CO[C@H]1C(OP(O)(=S)OC[C@H]2O[C@@H](n3cnc4c(N)ncnc43)CC2O)[C@@H](CO)O[C@H]1n1ccc(=O)[nH]c1=O. The van der Waals surface area contributed by atoms with Crippen molar-refractivity contribution in [2.45, 2.75) is 148 Å². The van der Waals surface area contributed by atoms with Crippen LogP contribution >= 0.6 is 32.5 Å². The Labute approximate surface area is 670 Å². The average Bonchev–Trinajstić information content (AvgIpc) is 1.69. The van der Waals surface area contributed by atoms with Crippen molar-refractivity contribution in [3.8, 4) is 0 Å². The van der Waals surface area contributed by atoms with Crippen molar-refractivity contribution in [2.75, 3.05) is 78.2 Å². The number of hydrogen-bond acceptors (Lipinski definition) is 41. The second-order valence-corrected chi connectivity index (χ2v) is 35.0. The monoisotopic (exact) mass is 1760 g/mol. The van der Waals surface area contributed by atoms with Gasteiger partial charge in [-0.1, -0.05) is 12.2 Å². The number of imidazole rings is 3. The molecule has 6 aliphatic heterocycles. The van der Waals surface area contributed by atoms with E-state index in [4.69, 9.17) is 111 Å². The number of aliphatic hydroxyl groups is 6. The van der Waals surface area contributed by atoms with Crippen molar-refractivity contribution < 1.29 is 115 Å². The van der Waals surface area contributed by atoms with Gasteiger partial charge < -0.3 is 109 Å². The van der Waals surface area contributed by atoms with E-state index in [0.29, 0.717) is 39.2 Å². The molecule has 0 spiro atoms. The van der Waals surface area contributed by atoms with Gasteiger partial charge in [0.25, 0.3) is 16.7 Å². The van der Waals surface area contributed by atoms with Crippen LogP contribution in [-0.2, 0) is 98.0 Å². The van der Waals surface area contributed by atoms with Crippen LogP contribution in [0.1, 0.15) is 56.6 Å². The Kier molecular flexibility index (Phi) is 27.2. The van der Waals surface area contributed by atoms with Crippen LogP contribution in [-0.4, -0.2) is 275 Å². The molecule has 9 aromatic rings. The van der Waals surface area contributed by atoms with Crippen LogP contribution in [0.4, 0.5) is 17.3 Å². The van der Waals surface area contributed by atoms with Gasteiger partial charge >= 0.3 is 37.3 Å². The molecule has 0 radical (unpaired) electrons. The number of thiol groups is 1. The molecule has 6 aliphatic rings. The molecule has 50 nitrogen and oxygen atoms in total. The van der Waals surface area contributed by atoms with Crippen LogP contribution in [0.2, 0.25) is 0 Å². The minimum atomic E-state index is -4.15. The third-order valence-corrected chi connectivity index (χ3v) is 24.1. The number of ether oxygens (including phenoxy) is 9. The van der Waals surface area contributed by atoms with Crippen molar-refractivity contribution in [3.05, 3.63) is 143 Å². The fourth-order valence-electron chi connectivity index (χ4n) is 13.7. The highest BCUT2D eigenvalue weighted by Crippen LogP contribution is 2.57. The summed E-state index contributed by atoms with van der Waals surface area (Å²) in [5.74, 6) is 0.402. The number of anilines is 3. The number of aromatic amines is 3. The summed E-state index contributed by atoms with van der Waals surface area (Å²) in [7, 11) is 3.94. The lowest BCUT2D eigenvalue weighted by molar-refractivity contribution is -0.0625. The summed E-state index contributed by atoms with van der Waals surface area (Å²) in [6.07, 6.45) is -7.94. The standard InChI is InChI=1S/C21H27N6O10PS.2C20H26N7O10PS/c1-33-18-17(12(7-28)36-20(18)26-5-3-14(30)25-21(26)31)37-38(32,39)34-8-13-11(29)6-15(35-13)27-9-24-16-10(22)2-4-23-19(16)27;2*1-33-16-15(10(5-28)36-19(16)26-3-2-12(30)25-20(26)31)37-38(32,39)34-6-11-9(29)4-13(35-11)27-8-24-14-17(21)22-7-23-18(14)27/h2-5,9,11-13,15,17-18,20,28-29H,6-8H2,1H3,(H2,22,23)(H,32,39)(H,25,30,31);2*2-3,7-11,13,15-16,19,28-29H,4-6H2,1H3,(H,32,39)(H2,21,22,23)(H,25,30,31)/t11?,12-,13-,15-,17?,18+,20-,38?;2*9?,10-,11-,13-,15?,16+,19-,38?/m111/s1. The molecule has 17 N–H and O–H groups in total. The molecule has 0 aromatic carbocycles. The Bertz CT molecular complexity index is 5020. The van der Waals surface area contributed by atoms with Gasteiger partial charge in [0.05, 0.1) is 82.6 Å². The highest BCUT2D eigenvalue weighted by Gasteiger charge is 2.53. The molecule has 9 unspecified atom stereocenters. The lowest BCUT2D eigenvalue weighted by Crippen LogP contribution is -2.40. The molecule has 6 saturated heterocycles. The first-order valence-corrected chi connectivity index (χ1v) is 42.9. The zero-order chi connectivity index (χ0) is 83.7. The topological polar surface area (TPSA) is 678 Å². The number of pyridine rings is 1. The largest absolute Gasteiger partial charge is 0.397 e. The van der Waals surface area contributed by atoms with Crippen molar-refractivity contribution in [1.82, 2.24) is 82.2 Å². The van der Waals surface area contributed by atoms with Gasteiger partial charge in [-0.05, 0) is 29.7 Å². The lowest BCUT2D eigenvalue weighted by atomic mass is 10.1. The van der Waals surface area contributed by atoms with Gasteiger partial charge in [-0.2, -0.15) is 0 Å². The second-order valence-electron chi connectivity index (χ2n) is 26.6. The Morgan fingerprint density at radius 1 is 0.462 bits per heavy atom. The molecule has 0 amide bonds. The minimum absolute atomic E-state index is 0.158. The molecule has 0 saturated carbocycles. The third kappa shape index (κ3) is 19.0. The summed E-state index contributed by atoms with van der Waals surface area (Å²) < 4.78 is 106. The zero-order valence-corrected chi connectivity index (χ0v) is 66.4. The average molecular weight is 1760 g/mol. The number of hydrogen-bond donors (Lipinski definition) is 15. The molecule has 6 fully saturated rings. The van der Waals surface area contributed by atoms with Gasteiger partial charge in [-0.15, -0.1) is 0 Å². The maximum Gasteiger partial charge on any atom is 0.386 e. The van der Waals surface area contributed by atoms with Crippen molar-refractivity contribution in [2.24, 2.45) is 0 Å². The van der Waals surface area contributed by atoms with Crippen molar-refractivity contribution >= 4 is 107 Å². The van der Waals surface area contributed by atoms with Crippen LogP contribution in [0.25, 0.3) is 33.5 Å². The van der Waals surface area contributed by atoms with Gasteiger partial charge in [0.15, 0.2) is 47.3 Å². The second kappa shape index (κ2) is 36.6. The van der Waals surface area contributed by atoms with E-state index in [0.717, 1.165) is 31.9 Å². The first kappa shape index (κ1) is 87.0. The fraction of sp³-hybridized carbons (Fsp3) is 0.541. The van der Waals surface area contributed by atoms with Crippen LogP contribution in [0.5, 0.6) is 0 Å². The first-order chi connectivity index (χ1) is 55.8. The van der Waals surface area contributed by atoms with E-state index >= 15 is 0 Å². The van der Waals surface area contributed by atoms with Gasteiger partial charge in [-0.3, -0.25) is 74.8 Å². The van der Waals surface area contributed by atoms with E-state index in [1.54, 1.807) is 26.0 Å². The number of rotatable bonds is 27. The molecule has 9 aromatic heterocycles. The van der Waals surface area contributed by atoms with Gasteiger partial charge in [0.1, 0.15) is 121 Å². The Balaban J connectivity index is 0.000000152. The number of H-pyrrole nitrogens is 3. The highest BCUT2D eigenvalue weighted by atomic mass is 32.7. The van der Waals surface area contributed by atoms with Gasteiger partial charge in [0, 0.05) is 83.6 Å². The molecule has 0 aliphatic carbocycles. The summed E-state index contributed by atoms with van der Waals surface area (Å²) in [6, 6.07) is 4.98. The molecule has 56 heteroatoms. The summed E-state index contributed by atoms with van der Waals surface area (Å²) in [5.41, 5.74) is 16.5. The number of nitrogens with one attached hydrogen (secondary N) is 3. The number of nitrogens with zero attached hydrogens (tertiary/aromatic N) is 14. The fourth-order valence-corrected chi connectivity index (χ4v) is 18.1. The Morgan fingerprint density at radius 2 is 0.795 bits per heavy atom. The predicted octanol–water partition coefficient (Wildman–Crippen LogP) is -4.18. The molecule has 0 bridgehead atoms. The van der Waals surface area contributed by atoms with E-state index in [-0.39, 0.29) is 50.7 Å². The Hall–Kier alpha value is -7.88. The molecule has 15 heterocycles. The zero-order valence-electron chi connectivity index (χ0n) is 61.2. The molecular formula is C61H79N20O30P3S3. The summed E-state index contributed by atoms with van der Waals surface area (Å²) in [5, 5.41) is 61.2. The van der Waals surface area contributed by atoms with E-state index < -0.39 is 203 Å². The van der Waals surface area contributed by atoms with Gasteiger partial charge in [-0.25, -0.2) is 58.8 Å². The summed E-state index contributed by atoms with van der Waals surface area (Å²) in [6.45, 7) is -14.9. The predicted molar refractivity (Wildman–Crippen MR) is 406 cm³/mol. The molecule has 117 heavy (non-hydrogen) atoms. The number of aromatic nitrogens is 17. The summed E-state index contributed by atoms with van der Waals surface area (Å²) in [4.78, 5) is 132. The van der Waals surface area contributed by atoms with Crippen LogP contribution in [0.3, 0.4) is 0 Å². The third-order valence-electron chi connectivity index (χ3n) is 19.4. The van der Waals surface area contributed by atoms with Crippen molar-refractivity contribution in [3.63, 3.8) is 0 Å². The number of methoxy groups -OCH3 is 3. The van der Waals surface area contributed by atoms with E-state index in [1.807, 2.05) is 0 Å². The number of fused-ring (bicyclic) bond motifs is 3. The maximum atomic E-state index is 13.2. The van der Waals surface area contributed by atoms with Gasteiger partial charge in [0.2, 0.25) is 0 Å². The van der Waals surface area contributed by atoms with Crippen molar-refractivity contribution in [1.29, 1.82) is 0 Å². The lowest BCUT2D eigenvalue weighted by Gasteiger charge is -2.27. The molecular weight excluding hydrogens is 1680 g/mol. The number of nitrogens with two attached hydrogens (primary N) is 3. The smallest absolute Gasteiger partial charge is 0.386 e. The molecule has 636 valence electrons. The maximum absolute atomic E-state index is 13.2. The van der Waals surface area contributed by atoms with Crippen LogP contribution in [0, 0.1) is 0 Å². The van der Waals surface area contributed by atoms with Crippen LogP contribution in [0.15, 0.2) is 109 Å². The Morgan fingerprint density at radius 3 is 1.14 bits per heavy atom. The first-order valence-electron chi connectivity index (χ1n) is 35.1. The van der Waals surface area contributed by atoms with E-state index in [1.165, 1.54) is 71.6 Å².